The molecule has 1 saturated heterocycles. The van der Waals surface area contributed by atoms with Crippen LogP contribution < -0.4 is 0 Å². The zero-order valence-corrected chi connectivity index (χ0v) is 13.1. The quantitative estimate of drug-likeness (QED) is 0.866. The highest BCUT2D eigenvalue weighted by molar-refractivity contribution is 7.09. The van der Waals surface area contributed by atoms with Crippen LogP contribution in [-0.2, 0) is 10.3 Å². The Bertz CT molecular complexity index is 455. The molecule has 1 atom stereocenters. The van der Waals surface area contributed by atoms with Crippen molar-refractivity contribution in [2.45, 2.75) is 51.2 Å². The number of thiazole rings is 1. The first-order valence-corrected chi connectivity index (χ1v) is 7.78. The lowest BCUT2D eigenvalue weighted by Gasteiger charge is -2.27. The molecule has 0 saturated carbocycles. The minimum atomic E-state index is -0.912. The molecule has 112 valence electrons. The van der Waals surface area contributed by atoms with Crippen molar-refractivity contribution in [3.63, 3.8) is 0 Å². The molecule has 2 heterocycles. The summed E-state index contributed by atoms with van der Waals surface area (Å²) >= 11 is 1.46. The number of likely N-dealkylation sites (tertiary alicyclic amines) is 1. The van der Waals surface area contributed by atoms with Crippen molar-refractivity contribution in [3.8, 4) is 0 Å². The average Bonchev–Trinajstić information content (AvgIpc) is 2.78. The largest absolute Gasteiger partial charge is 0.444 e. The van der Waals surface area contributed by atoms with Gasteiger partial charge in [-0.2, -0.15) is 0 Å². The maximum atomic E-state index is 12.1. The Morgan fingerprint density at radius 1 is 1.45 bits per heavy atom. The first-order valence-electron chi connectivity index (χ1n) is 6.90. The van der Waals surface area contributed by atoms with Crippen molar-refractivity contribution in [3.05, 3.63) is 16.6 Å². The van der Waals surface area contributed by atoms with Gasteiger partial charge in [0.1, 0.15) is 16.2 Å². The molecule has 1 aromatic rings. The Hall–Kier alpha value is -1.14. The minimum Gasteiger partial charge on any atom is -0.444 e. The topological polar surface area (TPSA) is 62.7 Å². The van der Waals surface area contributed by atoms with Crippen LogP contribution in [0.4, 0.5) is 4.79 Å². The van der Waals surface area contributed by atoms with E-state index >= 15 is 0 Å². The summed E-state index contributed by atoms with van der Waals surface area (Å²) in [5, 5.41) is 13.3. The van der Waals surface area contributed by atoms with Crippen LogP contribution in [0.15, 0.2) is 11.6 Å². The van der Waals surface area contributed by atoms with Gasteiger partial charge >= 0.3 is 6.09 Å². The lowest BCUT2D eigenvalue weighted by molar-refractivity contribution is 0.0127. The maximum absolute atomic E-state index is 12.1. The second-order valence-corrected chi connectivity index (χ2v) is 7.08. The molecule has 1 amide bonds. The average molecular weight is 298 g/mol. The van der Waals surface area contributed by atoms with E-state index in [0.29, 0.717) is 25.9 Å². The predicted molar refractivity (Wildman–Crippen MR) is 77.7 cm³/mol. The number of hydrogen-bond donors (Lipinski definition) is 1. The van der Waals surface area contributed by atoms with Crippen LogP contribution in [-0.4, -0.2) is 39.8 Å². The fourth-order valence-corrected chi connectivity index (χ4v) is 3.09. The predicted octanol–water partition coefficient (Wildman–Crippen LogP) is 2.75. The molecule has 0 bridgehead atoms. The van der Waals surface area contributed by atoms with E-state index in [0.717, 1.165) is 11.4 Å². The third-order valence-electron chi connectivity index (χ3n) is 3.30. The van der Waals surface area contributed by atoms with Crippen LogP contribution in [0.2, 0.25) is 0 Å². The van der Waals surface area contributed by atoms with Crippen molar-refractivity contribution in [1.82, 2.24) is 9.88 Å². The molecule has 1 fully saturated rings. The molecule has 1 aliphatic rings. The zero-order valence-electron chi connectivity index (χ0n) is 12.3. The van der Waals surface area contributed by atoms with Crippen LogP contribution in [0.5, 0.6) is 0 Å². The second kappa shape index (κ2) is 5.69. The number of ether oxygens (including phenoxy) is 1. The van der Waals surface area contributed by atoms with Gasteiger partial charge in [0, 0.05) is 31.1 Å². The van der Waals surface area contributed by atoms with E-state index in [1.807, 2.05) is 26.2 Å². The van der Waals surface area contributed by atoms with Gasteiger partial charge in [0.25, 0.3) is 0 Å². The van der Waals surface area contributed by atoms with Crippen molar-refractivity contribution >= 4 is 17.4 Å². The molecule has 20 heavy (non-hydrogen) atoms. The molecule has 1 unspecified atom stereocenters. The lowest BCUT2D eigenvalue weighted by atomic mass is 9.96. The lowest BCUT2D eigenvalue weighted by Crippen LogP contribution is -2.38. The van der Waals surface area contributed by atoms with Gasteiger partial charge in [-0.15, -0.1) is 11.3 Å². The van der Waals surface area contributed by atoms with Crippen molar-refractivity contribution in [1.29, 1.82) is 0 Å². The number of rotatable bonds is 1. The van der Waals surface area contributed by atoms with Gasteiger partial charge in [0.05, 0.1) is 0 Å². The molecular weight excluding hydrogens is 276 g/mol. The number of aliphatic hydroxyl groups is 1. The number of nitrogens with zero attached hydrogens (tertiary/aromatic N) is 2. The van der Waals surface area contributed by atoms with Gasteiger partial charge < -0.3 is 14.7 Å². The number of carbonyl (C=O) groups excluding carboxylic acids is 1. The Morgan fingerprint density at radius 3 is 2.80 bits per heavy atom. The maximum Gasteiger partial charge on any atom is 0.410 e. The zero-order chi connectivity index (χ0) is 14.8. The SMILES string of the molecule is CC(C)(C)OC(=O)N1CCCC(O)(c2nccs2)CC1. The second-order valence-electron chi connectivity index (χ2n) is 6.19. The Balaban J connectivity index is 2.01. The van der Waals surface area contributed by atoms with Crippen LogP contribution in [0.3, 0.4) is 0 Å². The first kappa shape index (κ1) is 15.3. The molecular formula is C14H22N2O3S. The highest BCUT2D eigenvalue weighted by atomic mass is 32.1. The van der Waals surface area contributed by atoms with Crippen LogP contribution in [0.25, 0.3) is 0 Å². The summed E-state index contributed by atoms with van der Waals surface area (Å²) < 4.78 is 5.38. The van der Waals surface area contributed by atoms with Gasteiger partial charge in [-0.3, -0.25) is 0 Å². The van der Waals surface area contributed by atoms with Crippen molar-refractivity contribution in [2.24, 2.45) is 0 Å². The van der Waals surface area contributed by atoms with Crippen LogP contribution in [0.1, 0.15) is 45.0 Å². The molecule has 5 nitrogen and oxygen atoms in total. The summed E-state index contributed by atoms with van der Waals surface area (Å²) in [6, 6.07) is 0. The number of hydrogen-bond acceptors (Lipinski definition) is 5. The van der Waals surface area contributed by atoms with Gasteiger partial charge in [-0.1, -0.05) is 0 Å². The van der Waals surface area contributed by atoms with E-state index < -0.39 is 11.2 Å². The molecule has 0 radical (unpaired) electrons. The summed E-state index contributed by atoms with van der Waals surface area (Å²) in [5.74, 6) is 0. The van der Waals surface area contributed by atoms with Crippen molar-refractivity contribution in [2.75, 3.05) is 13.1 Å². The van der Waals surface area contributed by atoms with Crippen LogP contribution >= 0.6 is 11.3 Å². The summed E-state index contributed by atoms with van der Waals surface area (Å²) in [6.07, 6.45) is 3.27. The van der Waals surface area contributed by atoms with E-state index in [-0.39, 0.29) is 6.09 Å². The highest BCUT2D eigenvalue weighted by Gasteiger charge is 2.36. The van der Waals surface area contributed by atoms with Gasteiger partial charge in [-0.05, 0) is 33.6 Å². The van der Waals surface area contributed by atoms with E-state index in [1.54, 1.807) is 11.1 Å². The number of aromatic nitrogens is 1. The summed E-state index contributed by atoms with van der Waals surface area (Å²) in [6.45, 7) is 6.67. The molecule has 0 spiro atoms. The van der Waals surface area contributed by atoms with E-state index in [1.165, 1.54) is 11.3 Å². The minimum absolute atomic E-state index is 0.305. The smallest absolute Gasteiger partial charge is 0.410 e. The molecule has 0 aromatic carbocycles. The van der Waals surface area contributed by atoms with E-state index in [2.05, 4.69) is 4.98 Å². The Kier molecular flexibility index (Phi) is 4.34. The molecule has 1 aliphatic heterocycles. The van der Waals surface area contributed by atoms with Crippen molar-refractivity contribution < 1.29 is 14.6 Å². The third kappa shape index (κ3) is 3.70. The molecule has 6 heteroatoms. The first-order chi connectivity index (χ1) is 9.30. The monoisotopic (exact) mass is 298 g/mol. The summed E-state index contributed by atoms with van der Waals surface area (Å²) in [5.41, 5.74) is -1.40. The summed E-state index contributed by atoms with van der Waals surface area (Å²) in [7, 11) is 0. The van der Waals surface area contributed by atoms with Crippen LogP contribution in [0, 0.1) is 0 Å². The molecule has 0 aliphatic carbocycles. The molecule has 1 aromatic heterocycles. The van der Waals surface area contributed by atoms with Gasteiger partial charge in [0.15, 0.2) is 0 Å². The summed E-state index contributed by atoms with van der Waals surface area (Å²) in [4.78, 5) is 18.0. The number of amides is 1. The highest BCUT2D eigenvalue weighted by Crippen LogP contribution is 2.34. The standard InChI is InChI=1S/C14H22N2O3S/c1-13(2,3)19-12(17)16-8-4-5-14(18,6-9-16)11-15-7-10-20-11/h7,10,18H,4-6,8-9H2,1-3H3. The Morgan fingerprint density at radius 2 is 2.20 bits per heavy atom. The van der Waals surface area contributed by atoms with E-state index in [4.69, 9.17) is 4.74 Å². The molecule has 2 rings (SSSR count). The van der Waals surface area contributed by atoms with Gasteiger partial charge in [-0.25, -0.2) is 9.78 Å². The normalized spacial score (nSPS) is 24.3. The molecule has 1 N–H and O–H groups in total. The third-order valence-corrected chi connectivity index (χ3v) is 4.26. The Labute approximate surface area is 123 Å². The fraction of sp³-hybridized carbons (Fsp3) is 0.714. The van der Waals surface area contributed by atoms with Gasteiger partial charge in [0.2, 0.25) is 0 Å². The van der Waals surface area contributed by atoms with E-state index in [9.17, 15) is 9.90 Å². The number of carbonyl (C=O) groups is 1. The fourth-order valence-electron chi connectivity index (χ4n) is 2.30.